The molecule has 5 nitrogen and oxygen atoms in total. The molecule has 5 heteroatoms. The van der Waals surface area contributed by atoms with Crippen molar-refractivity contribution in [3.05, 3.63) is 17.5 Å². The molecule has 0 aliphatic carbocycles. The van der Waals surface area contributed by atoms with Gasteiger partial charge in [0.2, 0.25) is 0 Å². The molecule has 0 saturated carbocycles. The van der Waals surface area contributed by atoms with E-state index >= 15 is 0 Å². The summed E-state index contributed by atoms with van der Waals surface area (Å²) in [7, 11) is 1.68. The van der Waals surface area contributed by atoms with Crippen LogP contribution in [0.3, 0.4) is 0 Å². The summed E-state index contributed by atoms with van der Waals surface area (Å²) in [5.74, 6) is 0.814. The minimum Gasteiger partial charge on any atom is -0.377 e. The fourth-order valence-electron chi connectivity index (χ4n) is 3.85. The second-order valence-corrected chi connectivity index (χ2v) is 6.45. The van der Waals surface area contributed by atoms with E-state index in [1.54, 1.807) is 7.11 Å². The Balaban J connectivity index is 1.63. The van der Waals surface area contributed by atoms with Gasteiger partial charge in [0, 0.05) is 37.8 Å². The zero-order valence-electron chi connectivity index (χ0n) is 13.2. The van der Waals surface area contributed by atoms with Gasteiger partial charge in [0.15, 0.2) is 5.76 Å². The second kappa shape index (κ2) is 6.90. The lowest BCUT2D eigenvalue weighted by Crippen LogP contribution is -2.48. The Morgan fingerprint density at radius 3 is 2.81 bits per heavy atom. The van der Waals surface area contributed by atoms with Crippen molar-refractivity contribution in [1.82, 2.24) is 15.4 Å². The molecule has 2 saturated heterocycles. The number of methoxy groups -OCH3 is 1. The molecule has 2 aliphatic rings. The summed E-state index contributed by atoms with van der Waals surface area (Å²) in [6.07, 6.45) is 6.44. The lowest BCUT2D eigenvalue weighted by Gasteiger charge is -2.37. The number of aromatic nitrogens is 1. The van der Waals surface area contributed by atoms with Gasteiger partial charge in [-0.2, -0.15) is 0 Å². The molecule has 2 atom stereocenters. The molecular formula is C16H27N3O2. The van der Waals surface area contributed by atoms with Crippen molar-refractivity contribution in [1.29, 1.82) is 0 Å². The zero-order chi connectivity index (χ0) is 14.7. The molecule has 0 aromatic carbocycles. The molecule has 2 aliphatic heterocycles. The maximum atomic E-state index is 5.31. The molecule has 0 spiro atoms. The van der Waals surface area contributed by atoms with Gasteiger partial charge in [0.25, 0.3) is 0 Å². The standard InChI is InChI=1S/C16H27N3O2/c1-3-6-19(10-14-9-16(11-20-2)21-18-14)15-7-12-4-5-13(8-15)17-12/h9,12-13,15,17H,3-8,10-11H2,1-2H3. The van der Waals surface area contributed by atoms with Gasteiger partial charge < -0.3 is 14.6 Å². The van der Waals surface area contributed by atoms with Gasteiger partial charge in [-0.05, 0) is 38.6 Å². The van der Waals surface area contributed by atoms with Crippen molar-refractivity contribution in [3.8, 4) is 0 Å². The Labute approximate surface area is 127 Å². The monoisotopic (exact) mass is 293 g/mol. The van der Waals surface area contributed by atoms with Crippen LogP contribution in [0.1, 0.15) is 50.5 Å². The third-order valence-electron chi connectivity index (χ3n) is 4.73. The fourth-order valence-corrected chi connectivity index (χ4v) is 3.85. The first-order valence-electron chi connectivity index (χ1n) is 8.22. The highest BCUT2D eigenvalue weighted by atomic mass is 16.5. The number of hydrogen-bond donors (Lipinski definition) is 1. The summed E-state index contributed by atoms with van der Waals surface area (Å²) in [4.78, 5) is 2.60. The van der Waals surface area contributed by atoms with Crippen LogP contribution in [0, 0.1) is 0 Å². The van der Waals surface area contributed by atoms with Gasteiger partial charge in [-0.3, -0.25) is 4.90 Å². The summed E-state index contributed by atoms with van der Waals surface area (Å²) in [6, 6.07) is 4.18. The van der Waals surface area contributed by atoms with E-state index in [1.807, 2.05) is 6.07 Å². The first-order chi connectivity index (χ1) is 10.3. The Kier molecular flexibility index (Phi) is 4.93. The number of rotatable bonds is 7. The number of ether oxygens (including phenoxy) is 1. The highest BCUT2D eigenvalue weighted by molar-refractivity contribution is 5.05. The topological polar surface area (TPSA) is 50.5 Å². The number of hydrogen-bond acceptors (Lipinski definition) is 5. The van der Waals surface area contributed by atoms with Crippen LogP contribution in [0.25, 0.3) is 0 Å². The lowest BCUT2D eigenvalue weighted by molar-refractivity contribution is 0.130. The average Bonchev–Trinajstić information content (AvgIpc) is 3.05. The summed E-state index contributed by atoms with van der Waals surface area (Å²) in [5.41, 5.74) is 1.03. The summed E-state index contributed by atoms with van der Waals surface area (Å²) in [6.45, 7) is 4.78. The van der Waals surface area contributed by atoms with Crippen molar-refractivity contribution < 1.29 is 9.26 Å². The van der Waals surface area contributed by atoms with E-state index in [9.17, 15) is 0 Å². The Bertz CT molecular complexity index is 436. The zero-order valence-corrected chi connectivity index (χ0v) is 13.2. The van der Waals surface area contributed by atoms with Crippen molar-refractivity contribution in [3.63, 3.8) is 0 Å². The summed E-state index contributed by atoms with van der Waals surface area (Å²) in [5, 5.41) is 7.92. The van der Waals surface area contributed by atoms with Crippen molar-refractivity contribution in [2.75, 3.05) is 13.7 Å². The van der Waals surface area contributed by atoms with Gasteiger partial charge in [-0.15, -0.1) is 0 Å². The maximum absolute atomic E-state index is 5.31. The van der Waals surface area contributed by atoms with Gasteiger partial charge in [-0.1, -0.05) is 12.1 Å². The van der Waals surface area contributed by atoms with E-state index < -0.39 is 0 Å². The molecular weight excluding hydrogens is 266 g/mol. The van der Waals surface area contributed by atoms with E-state index in [4.69, 9.17) is 9.26 Å². The minimum atomic E-state index is 0.498. The average molecular weight is 293 g/mol. The van der Waals surface area contributed by atoms with Crippen LogP contribution in [0.4, 0.5) is 0 Å². The van der Waals surface area contributed by atoms with Gasteiger partial charge in [0.05, 0.1) is 5.69 Å². The Hall–Kier alpha value is -0.910. The van der Waals surface area contributed by atoms with Crippen LogP contribution in [-0.4, -0.2) is 41.8 Å². The van der Waals surface area contributed by atoms with Crippen LogP contribution in [0.15, 0.2) is 10.6 Å². The maximum Gasteiger partial charge on any atom is 0.162 e. The van der Waals surface area contributed by atoms with E-state index in [0.717, 1.165) is 36.6 Å². The molecule has 118 valence electrons. The second-order valence-electron chi connectivity index (χ2n) is 6.45. The van der Waals surface area contributed by atoms with Crippen LogP contribution >= 0.6 is 0 Å². The summed E-state index contributed by atoms with van der Waals surface area (Å²) < 4.78 is 10.4. The van der Waals surface area contributed by atoms with Crippen LogP contribution in [0.2, 0.25) is 0 Å². The lowest BCUT2D eigenvalue weighted by atomic mass is 9.97. The molecule has 2 fully saturated rings. The van der Waals surface area contributed by atoms with Gasteiger partial charge in [0.1, 0.15) is 6.61 Å². The molecule has 3 heterocycles. The van der Waals surface area contributed by atoms with E-state index in [-0.39, 0.29) is 0 Å². The Morgan fingerprint density at radius 2 is 2.14 bits per heavy atom. The van der Waals surface area contributed by atoms with Crippen LogP contribution in [-0.2, 0) is 17.9 Å². The van der Waals surface area contributed by atoms with Crippen molar-refractivity contribution >= 4 is 0 Å². The van der Waals surface area contributed by atoms with Crippen LogP contribution in [0.5, 0.6) is 0 Å². The predicted molar refractivity (Wildman–Crippen MR) is 80.9 cm³/mol. The smallest absolute Gasteiger partial charge is 0.162 e. The number of piperidine rings is 1. The highest BCUT2D eigenvalue weighted by Crippen LogP contribution is 2.30. The SMILES string of the molecule is CCCN(Cc1cc(COC)on1)C1CC2CCC(C1)N2. The highest BCUT2D eigenvalue weighted by Gasteiger charge is 2.35. The first kappa shape index (κ1) is 15.0. The third kappa shape index (κ3) is 3.65. The van der Waals surface area contributed by atoms with E-state index in [2.05, 4.69) is 22.3 Å². The molecule has 0 amide bonds. The third-order valence-corrected chi connectivity index (χ3v) is 4.73. The molecule has 2 bridgehead atoms. The number of nitrogens with one attached hydrogen (secondary N) is 1. The summed E-state index contributed by atoms with van der Waals surface area (Å²) >= 11 is 0. The Morgan fingerprint density at radius 1 is 1.38 bits per heavy atom. The van der Waals surface area contributed by atoms with Gasteiger partial charge >= 0.3 is 0 Å². The quantitative estimate of drug-likeness (QED) is 0.836. The molecule has 1 N–H and O–H groups in total. The molecule has 21 heavy (non-hydrogen) atoms. The van der Waals surface area contributed by atoms with E-state index in [0.29, 0.717) is 12.6 Å². The largest absolute Gasteiger partial charge is 0.377 e. The normalized spacial score (nSPS) is 28.4. The number of fused-ring (bicyclic) bond motifs is 2. The first-order valence-corrected chi connectivity index (χ1v) is 8.22. The molecule has 3 rings (SSSR count). The number of nitrogens with zero attached hydrogens (tertiary/aromatic N) is 2. The molecule has 1 aromatic rings. The molecule has 0 radical (unpaired) electrons. The van der Waals surface area contributed by atoms with Crippen molar-refractivity contribution in [2.24, 2.45) is 0 Å². The molecule has 2 unspecified atom stereocenters. The molecule has 1 aromatic heterocycles. The fraction of sp³-hybridized carbons (Fsp3) is 0.812. The minimum absolute atomic E-state index is 0.498. The van der Waals surface area contributed by atoms with Gasteiger partial charge in [-0.25, -0.2) is 0 Å². The van der Waals surface area contributed by atoms with E-state index in [1.165, 1.54) is 32.1 Å². The van der Waals surface area contributed by atoms with Crippen LogP contribution < -0.4 is 5.32 Å². The predicted octanol–water partition coefficient (Wildman–Crippen LogP) is 2.32. The van der Waals surface area contributed by atoms with Crippen molar-refractivity contribution in [2.45, 2.75) is 70.3 Å².